The van der Waals surface area contributed by atoms with Crippen LogP contribution in [0.1, 0.15) is 6.42 Å². The van der Waals surface area contributed by atoms with E-state index in [0.29, 0.717) is 0 Å². The van der Waals surface area contributed by atoms with E-state index in [1.165, 1.54) is 14.2 Å². The van der Waals surface area contributed by atoms with Crippen LogP contribution in [0, 0.1) is 0 Å². The van der Waals surface area contributed by atoms with Gasteiger partial charge in [0.2, 0.25) is 5.24 Å². The van der Waals surface area contributed by atoms with Crippen molar-refractivity contribution >= 4 is 16.8 Å². The number of rotatable bonds is 4. The minimum Gasteiger partial charge on any atom is -0.355 e. The van der Waals surface area contributed by atoms with Gasteiger partial charge in [0.15, 0.2) is 6.29 Å². The van der Waals surface area contributed by atoms with Gasteiger partial charge in [-0.3, -0.25) is 4.79 Å². The first kappa shape index (κ1) is 8.88. The van der Waals surface area contributed by atoms with Crippen LogP contribution < -0.4 is 0 Å². The molecule has 0 fully saturated rings. The van der Waals surface area contributed by atoms with Gasteiger partial charge in [0.05, 0.1) is 6.42 Å². The van der Waals surface area contributed by atoms with Crippen LogP contribution in [0.4, 0.5) is 0 Å². The summed E-state index contributed by atoms with van der Waals surface area (Å²) in [6, 6.07) is 0. The van der Waals surface area contributed by atoms with Crippen molar-refractivity contribution in [3.63, 3.8) is 0 Å². The van der Waals surface area contributed by atoms with Crippen molar-refractivity contribution in [3.05, 3.63) is 0 Å². The van der Waals surface area contributed by atoms with Gasteiger partial charge in [-0.2, -0.15) is 0 Å². The average Bonchev–Trinajstić information content (AvgIpc) is 1.82. The van der Waals surface area contributed by atoms with E-state index in [0.717, 1.165) is 0 Å². The second-order valence-corrected chi connectivity index (χ2v) is 1.88. The normalized spacial score (nSPS) is 10.2. The number of halogens is 1. The maximum Gasteiger partial charge on any atom is 0.226 e. The summed E-state index contributed by atoms with van der Waals surface area (Å²) in [7, 11) is 2.90. The molecule has 0 amide bonds. The third kappa shape index (κ3) is 4.39. The highest BCUT2D eigenvalue weighted by molar-refractivity contribution is 6.63. The Balaban J connectivity index is 3.43. The van der Waals surface area contributed by atoms with Crippen molar-refractivity contribution in [2.75, 3.05) is 14.2 Å². The summed E-state index contributed by atoms with van der Waals surface area (Å²) in [4.78, 5) is 10.2. The molecule has 0 radical (unpaired) electrons. The lowest BCUT2D eigenvalue weighted by molar-refractivity contribution is -0.131. The molecule has 0 heterocycles. The third-order valence-electron chi connectivity index (χ3n) is 0.853. The van der Waals surface area contributed by atoms with E-state index in [1.54, 1.807) is 0 Å². The predicted molar refractivity (Wildman–Crippen MR) is 33.3 cm³/mol. The maximum absolute atomic E-state index is 10.2. The van der Waals surface area contributed by atoms with Crippen molar-refractivity contribution in [1.82, 2.24) is 0 Å². The summed E-state index contributed by atoms with van der Waals surface area (Å²) < 4.78 is 9.37. The number of carbonyl (C=O) groups is 1. The first-order valence-electron chi connectivity index (χ1n) is 2.44. The van der Waals surface area contributed by atoms with E-state index in [4.69, 9.17) is 11.6 Å². The quantitative estimate of drug-likeness (QED) is 0.441. The molecule has 3 nitrogen and oxygen atoms in total. The molecule has 0 aromatic heterocycles. The molecule has 0 saturated heterocycles. The van der Waals surface area contributed by atoms with Gasteiger partial charge >= 0.3 is 0 Å². The maximum atomic E-state index is 10.2. The Morgan fingerprint density at radius 3 is 2.11 bits per heavy atom. The number of hydrogen-bond acceptors (Lipinski definition) is 3. The van der Waals surface area contributed by atoms with E-state index in [2.05, 4.69) is 9.47 Å². The Hall–Kier alpha value is -0.120. The lowest BCUT2D eigenvalue weighted by Crippen LogP contribution is -2.15. The number of hydrogen-bond donors (Lipinski definition) is 0. The summed E-state index contributed by atoms with van der Waals surface area (Å²) in [6.45, 7) is 0. The lowest BCUT2D eigenvalue weighted by atomic mass is 10.4. The van der Waals surface area contributed by atoms with Crippen LogP contribution in [0.2, 0.25) is 0 Å². The second-order valence-electron chi connectivity index (χ2n) is 1.46. The standard InChI is InChI=1S/C5H9ClO3/c1-8-5(9-2)3-4(6)7/h5H,3H2,1-2H3. The average molecular weight is 153 g/mol. The van der Waals surface area contributed by atoms with Crippen LogP contribution in [0.5, 0.6) is 0 Å². The molecule has 0 aromatic carbocycles. The van der Waals surface area contributed by atoms with Crippen molar-refractivity contribution < 1.29 is 14.3 Å². The molecule has 54 valence electrons. The Morgan fingerprint density at radius 2 is 2.00 bits per heavy atom. The fourth-order valence-corrected chi connectivity index (χ4v) is 0.520. The van der Waals surface area contributed by atoms with Gasteiger partial charge in [-0.15, -0.1) is 0 Å². The summed E-state index contributed by atoms with van der Waals surface area (Å²) in [5.74, 6) is 0. The van der Waals surface area contributed by atoms with Crippen molar-refractivity contribution in [3.8, 4) is 0 Å². The van der Waals surface area contributed by atoms with Gasteiger partial charge < -0.3 is 9.47 Å². The van der Waals surface area contributed by atoms with E-state index < -0.39 is 11.5 Å². The monoisotopic (exact) mass is 152 g/mol. The van der Waals surface area contributed by atoms with Gasteiger partial charge in [-0.1, -0.05) is 0 Å². The molecule has 0 aliphatic rings. The van der Waals surface area contributed by atoms with Crippen molar-refractivity contribution in [1.29, 1.82) is 0 Å². The summed E-state index contributed by atoms with van der Waals surface area (Å²) in [5, 5.41) is -0.455. The molecule has 0 bridgehead atoms. The van der Waals surface area contributed by atoms with E-state index >= 15 is 0 Å². The molecule has 0 spiro atoms. The van der Waals surface area contributed by atoms with Crippen LogP contribution in [-0.4, -0.2) is 25.8 Å². The molecule has 0 aromatic rings. The smallest absolute Gasteiger partial charge is 0.226 e. The van der Waals surface area contributed by atoms with Crippen LogP contribution in [-0.2, 0) is 14.3 Å². The molecular formula is C5H9ClO3. The zero-order valence-electron chi connectivity index (χ0n) is 5.39. The minimum atomic E-state index is -0.505. The molecule has 0 aliphatic carbocycles. The molecule has 0 unspecified atom stereocenters. The Morgan fingerprint density at radius 1 is 1.56 bits per heavy atom. The largest absolute Gasteiger partial charge is 0.355 e. The van der Waals surface area contributed by atoms with Crippen LogP contribution >= 0.6 is 11.6 Å². The van der Waals surface area contributed by atoms with Crippen molar-refractivity contribution in [2.24, 2.45) is 0 Å². The molecule has 0 rings (SSSR count). The van der Waals surface area contributed by atoms with E-state index in [1.807, 2.05) is 0 Å². The van der Waals surface area contributed by atoms with E-state index in [9.17, 15) is 4.79 Å². The van der Waals surface area contributed by atoms with Crippen LogP contribution in [0.15, 0.2) is 0 Å². The lowest BCUT2D eigenvalue weighted by Gasteiger charge is -2.08. The minimum absolute atomic E-state index is 0.0918. The van der Waals surface area contributed by atoms with Crippen molar-refractivity contribution in [2.45, 2.75) is 12.7 Å². The summed E-state index contributed by atoms with van der Waals surface area (Å²) >= 11 is 5.03. The van der Waals surface area contributed by atoms with Gasteiger partial charge in [0.1, 0.15) is 0 Å². The van der Waals surface area contributed by atoms with Gasteiger partial charge in [0.25, 0.3) is 0 Å². The topological polar surface area (TPSA) is 35.5 Å². The molecule has 0 atom stereocenters. The first-order chi connectivity index (χ1) is 4.20. The number of methoxy groups -OCH3 is 2. The van der Waals surface area contributed by atoms with Crippen LogP contribution in [0.3, 0.4) is 0 Å². The van der Waals surface area contributed by atoms with E-state index in [-0.39, 0.29) is 6.42 Å². The molecule has 0 N–H and O–H groups in total. The summed E-state index contributed by atoms with van der Waals surface area (Å²) in [5.41, 5.74) is 0. The molecule has 4 heteroatoms. The van der Waals surface area contributed by atoms with Gasteiger partial charge in [0, 0.05) is 14.2 Å². The molecular weight excluding hydrogens is 144 g/mol. The van der Waals surface area contributed by atoms with Crippen LogP contribution in [0.25, 0.3) is 0 Å². The predicted octanol–water partition coefficient (Wildman–Crippen LogP) is 0.761. The SMILES string of the molecule is COC(CC(=O)Cl)OC. The number of ether oxygens (including phenoxy) is 2. The zero-order chi connectivity index (χ0) is 7.28. The van der Waals surface area contributed by atoms with Gasteiger partial charge in [-0.05, 0) is 11.6 Å². The Bertz CT molecular complexity index is 90.2. The highest BCUT2D eigenvalue weighted by Gasteiger charge is 2.08. The Kier molecular flexibility index (Phi) is 4.67. The third-order valence-corrected chi connectivity index (χ3v) is 1.01. The Labute approximate surface area is 58.9 Å². The fourth-order valence-electron chi connectivity index (χ4n) is 0.394. The second kappa shape index (κ2) is 4.73. The highest BCUT2D eigenvalue weighted by atomic mass is 35.5. The zero-order valence-corrected chi connectivity index (χ0v) is 6.14. The first-order valence-corrected chi connectivity index (χ1v) is 2.82. The summed E-state index contributed by atoms with van der Waals surface area (Å²) in [6.07, 6.45) is -0.413. The molecule has 0 aliphatic heterocycles. The fraction of sp³-hybridized carbons (Fsp3) is 0.800. The molecule has 0 saturated carbocycles. The van der Waals surface area contributed by atoms with Gasteiger partial charge in [-0.25, -0.2) is 0 Å². The number of carbonyl (C=O) groups excluding carboxylic acids is 1. The molecule has 9 heavy (non-hydrogen) atoms. The highest BCUT2D eigenvalue weighted by Crippen LogP contribution is 1.99.